The predicted molar refractivity (Wildman–Crippen MR) is 108 cm³/mol. The van der Waals surface area contributed by atoms with Gasteiger partial charge in [-0.3, -0.25) is 24.8 Å². The highest BCUT2D eigenvalue weighted by molar-refractivity contribution is 5.87. The van der Waals surface area contributed by atoms with E-state index in [1.165, 1.54) is 35.8 Å². The lowest BCUT2D eigenvalue weighted by molar-refractivity contribution is -0.135. The zero-order valence-corrected chi connectivity index (χ0v) is 16.9. The Hall–Kier alpha value is -2.45. The summed E-state index contributed by atoms with van der Waals surface area (Å²) in [6.45, 7) is 0. The smallest absolute Gasteiger partial charge is 0.265 e. The number of unbranched alkanes of at least 4 members (excludes halogenated alkanes) is 6. The molecule has 0 aliphatic heterocycles. The van der Waals surface area contributed by atoms with Gasteiger partial charge < -0.3 is 5.32 Å². The van der Waals surface area contributed by atoms with Crippen LogP contribution in [0.2, 0.25) is 0 Å². The van der Waals surface area contributed by atoms with E-state index in [1.54, 1.807) is 0 Å². The third-order valence-electron chi connectivity index (χ3n) is 4.76. The number of aryl methyl sites for hydroxylation is 1. The summed E-state index contributed by atoms with van der Waals surface area (Å²) in [4.78, 5) is 34.6. The van der Waals surface area contributed by atoms with Gasteiger partial charge in [-0.15, -0.1) is 0 Å². The fourth-order valence-corrected chi connectivity index (χ4v) is 3.09. The molecule has 1 aromatic rings. The molecule has 0 heterocycles. The molecule has 162 valence electrons. The molecule has 29 heavy (non-hydrogen) atoms. The summed E-state index contributed by atoms with van der Waals surface area (Å²) >= 11 is 0. The number of hydrogen-bond donors (Lipinski definition) is 5. The quantitative estimate of drug-likeness (QED) is 0.173. The second-order valence-corrected chi connectivity index (χ2v) is 7.13. The van der Waals surface area contributed by atoms with E-state index in [1.807, 2.05) is 6.07 Å². The van der Waals surface area contributed by atoms with Gasteiger partial charge in [-0.05, 0) is 31.2 Å². The van der Waals surface area contributed by atoms with Gasteiger partial charge in [-0.2, -0.15) is 0 Å². The van der Waals surface area contributed by atoms with Crippen molar-refractivity contribution in [3.8, 4) is 0 Å². The zero-order chi connectivity index (χ0) is 21.3. The van der Waals surface area contributed by atoms with Gasteiger partial charge in [0.1, 0.15) is 6.04 Å². The maximum Gasteiger partial charge on any atom is 0.265 e. The Kier molecular flexibility index (Phi) is 13.1. The Morgan fingerprint density at radius 2 is 1.38 bits per heavy atom. The van der Waals surface area contributed by atoms with Gasteiger partial charge in [0.2, 0.25) is 11.8 Å². The summed E-state index contributed by atoms with van der Waals surface area (Å²) in [5.41, 5.74) is 4.31. The molecular formula is C21H33N3O5. The minimum atomic E-state index is -1.02. The van der Waals surface area contributed by atoms with Gasteiger partial charge in [0.25, 0.3) is 5.91 Å². The SMILES string of the molecule is O=C(CC[C@@H](NC(=O)CCCCCCCCCc1ccccc1)C(=O)NO)NO. The molecule has 1 rings (SSSR count). The molecule has 1 atom stereocenters. The molecule has 0 fully saturated rings. The maximum atomic E-state index is 12.0. The number of carbonyl (C=O) groups excluding carboxylic acids is 3. The third kappa shape index (κ3) is 11.9. The highest BCUT2D eigenvalue weighted by Gasteiger charge is 2.21. The van der Waals surface area contributed by atoms with Crippen molar-refractivity contribution in [1.82, 2.24) is 16.3 Å². The minimum Gasteiger partial charge on any atom is -0.344 e. The monoisotopic (exact) mass is 407 g/mol. The summed E-state index contributed by atoms with van der Waals surface area (Å²) in [5.74, 6) is -1.76. The van der Waals surface area contributed by atoms with Crippen LogP contribution in [0.15, 0.2) is 30.3 Å². The van der Waals surface area contributed by atoms with Crippen LogP contribution in [0.25, 0.3) is 0 Å². The number of hydroxylamine groups is 2. The van der Waals surface area contributed by atoms with Crippen LogP contribution in [0, 0.1) is 0 Å². The minimum absolute atomic E-state index is 0.0203. The molecule has 0 bridgehead atoms. The van der Waals surface area contributed by atoms with Crippen LogP contribution in [-0.2, 0) is 20.8 Å². The first-order valence-electron chi connectivity index (χ1n) is 10.3. The Balaban J connectivity index is 2.07. The fraction of sp³-hybridized carbons (Fsp3) is 0.571. The number of amides is 3. The van der Waals surface area contributed by atoms with Gasteiger partial charge in [0.05, 0.1) is 0 Å². The standard InChI is InChI=1S/C21H33N3O5/c25-19(22-18(21(27)24-29)15-16-20(26)23-28)14-10-5-3-1-2-4-7-11-17-12-8-6-9-13-17/h6,8-9,12-13,18,28-29H,1-5,7,10-11,14-16H2,(H,22,25)(H,23,26)(H,24,27)/t18-/m1/s1. The Labute approximate surface area is 172 Å². The normalized spacial score (nSPS) is 11.5. The number of benzene rings is 1. The van der Waals surface area contributed by atoms with Crippen LogP contribution < -0.4 is 16.3 Å². The van der Waals surface area contributed by atoms with E-state index < -0.39 is 17.9 Å². The zero-order valence-electron chi connectivity index (χ0n) is 16.9. The summed E-state index contributed by atoms with van der Waals surface area (Å²) in [7, 11) is 0. The van der Waals surface area contributed by atoms with Crippen molar-refractivity contribution in [2.75, 3.05) is 0 Å². The highest BCUT2D eigenvalue weighted by atomic mass is 16.5. The molecule has 5 N–H and O–H groups in total. The van der Waals surface area contributed by atoms with E-state index in [0.29, 0.717) is 0 Å². The number of hydrogen-bond acceptors (Lipinski definition) is 5. The van der Waals surface area contributed by atoms with Crippen molar-refractivity contribution >= 4 is 17.7 Å². The molecule has 8 heteroatoms. The summed E-state index contributed by atoms with van der Waals surface area (Å²) < 4.78 is 0. The van der Waals surface area contributed by atoms with Crippen LogP contribution in [0.3, 0.4) is 0 Å². The van der Waals surface area contributed by atoms with Crippen molar-refractivity contribution in [1.29, 1.82) is 0 Å². The van der Waals surface area contributed by atoms with Crippen molar-refractivity contribution in [2.24, 2.45) is 0 Å². The van der Waals surface area contributed by atoms with Crippen LogP contribution in [0.1, 0.15) is 69.8 Å². The fourth-order valence-electron chi connectivity index (χ4n) is 3.09. The number of carbonyl (C=O) groups is 3. The maximum absolute atomic E-state index is 12.0. The topological polar surface area (TPSA) is 128 Å². The molecule has 0 spiro atoms. The first kappa shape index (κ1) is 24.6. The van der Waals surface area contributed by atoms with Gasteiger partial charge in [0.15, 0.2) is 0 Å². The molecule has 0 unspecified atom stereocenters. The first-order valence-corrected chi connectivity index (χ1v) is 10.3. The van der Waals surface area contributed by atoms with E-state index in [9.17, 15) is 14.4 Å². The lowest BCUT2D eigenvalue weighted by Gasteiger charge is -2.16. The molecule has 0 aliphatic rings. The van der Waals surface area contributed by atoms with E-state index >= 15 is 0 Å². The summed E-state index contributed by atoms with van der Waals surface area (Å²) in [5, 5.41) is 19.7. The van der Waals surface area contributed by atoms with E-state index in [2.05, 4.69) is 29.6 Å². The number of rotatable bonds is 15. The van der Waals surface area contributed by atoms with Crippen LogP contribution >= 0.6 is 0 Å². The summed E-state index contributed by atoms with van der Waals surface area (Å²) in [6, 6.07) is 9.45. The van der Waals surface area contributed by atoms with Crippen molar-refractivity contribution in [3.05, 3.63) is 35.9 Å². The van der Waals surface area contributed by atoms with E-state index in [-0.39, 0.29) is 25.2 Å². The van der Waals surface area contributed by atoms with E-state index in [4.69, 9.17) is 10.4 Å². The lowest BCUT2D eigenvalue weighted by atomic mass is 10.0. The number of nitrogens with one attached hydrogen (secondary N) is 3. The molecule has 0 radical (unpaired) electrons. The molecule has 8 nitrogen and oxygen atoms in total. The van der Waals surface area contributed by atoms with Crippen LogP contribution in [0.5, 0.6) is 0 Å². The Morgan fingerprint density at radius 3 is 2.00 bits per heavy atom. The molecule has 1 aromatic carbocycles. The average molecular weight is 408 g/mol. The molecule has 0 aromatic heterocycles. The van der Waals surface area contributed by atoms with Crippen molar-refractivity contribution < 1.29 is 24.8 Å². The second-order valence-electron chi connectivity index (χ2n) is 7.13. The second kappa shape index (κ2) is 15.5. The van der Waals surface area contributed by atoms with Crippen LogP contribution in [0.4, 0.5) is 0 Å². The average Bonchev–Trinajstić information content (AvgIpc) is 2.75. The van der Waals surface area contributed by atoms with Crippen molar-refractivity contribution in [3.63, 3.8) is 0 Å². The van der Waals surface area contributed by atoms with Gasteiger partial charge >= 0.3 is 0 Å². The summed E-state index contributed by atoms with van der Waals surface area (Å²) in [6.07, 6.45) is 8.68. The Bertz CT molecular complexity index is 610. The molecule has 0 saturated carbocycles. The highest BCUT2D eigenvalue weighted by Crippen LogP contribution is 2.11. The van der Waals surface area contributed by atoms with Gasteiger partial charge in [-0.25, -0.2) is 11.0 Å². The molecule has 3 amide bonds. The van der Waals surface area contributed by atoms with Gasteiger partial charge in [0, 0.05) is 12.8 Å². The first-order chi connectivity index (χ1) is 14.1. The molecule has 0 saturated heterocycles. The van der Waals surface area contributed by atoms with Crippen molar-refractivity contribution in [2.45, 2.75) is 76.7 Å². The van der Waals surface area contributed by atoms with Crippen LogP contribution in [-0.4, -0.2) is 34.2 Å². The third-order valence-corrected chi connectivity index (χ3v) is 4.76. The van der Waals surface area contributed by atoms with Gasteiger partial charge in [-0.1, -0.05) is 62.4 Å². The van der Waals surface area contributed by atoms with E-state index in [0.717, 1.165) is 32.1 Å². The predicted octanol–water partition coefficient (Wildman–Crippen LogP) is 2.63. The lowest BCUT2D eigenvalue weighted by Crippen LogP contribution is -2.46. The molecular weight excluding hydrogens is 374 g/mol. The molecule has 0 aliphatic carbocycles. The Morgan fingerprint density at radius 1 is 0.759 bits per heavy atom. The largest absolute Gasteiger partial charge is 0.344 e.